The highest BCUT2D eigenvalue weighted by atomic mass is 32.1. The second-order valence-corrected chi connectivity index (χ2v) is 6.58. The molecule has 0 fully saturated rings. The van der Waals surface area contributed by atoms with Crippen molar-refractivity contribution in [3.05, 3.63) is 89.7 Å². The van der Waals surface area contributed by atoms with Gasteiger partial charge in [-0.05, 0) is 60.2 Å². The number of phenolic OH excluding ortho intramolecular Hbond substituents is 1. The van der Waals surface area contributed by atoms with Crippen LogP contribution in [-0.2, 0) is 13.1 Å². The molecule has 2 N–H and O–H groups in total. The molecular formula is C22H21FN2O2S. The number of anilines is 1. The standard InChI is InChI=1S/C22H21FN2O2S/c1-27-20-12-10-19(11-13-20)25(15-17-4-2-3-5-21(17)26)22(28)24-14-16-6-8-18(23)9-7-16/h2-13,26H,14-15H2,1H3,(H,24,28). The summed E-state index contributed by atoms with van der Waals surface area (Å²) in [6.45, 7) is 0.862. The van der Waals surface area contributed by atoms with E-state index in [2.05, 4.69) is 5.32 Å². The predicted molar refractivity (Wildman–Crippen MR) is 113 cm³/mol. The van der Waals surface area contributed by atoms with Gasteiger partial charge in [-0.25, -0.2) is 4.39 Å². The fraction of sp³-hybridized carbons (Fsp3) is 0.136. The van der Waals surface area contributed by atoms with Gasteiger partial charge in [-0.3, -0.25) is 0 Å². The SMILES string of the molecule is COc1ccc(N(Cc2ccccc2O)C(=S)NCc2ccc(F)cc2)cc1. The zero-order valence-electron chi connectivity index (χ0n) is 15.4. The van der Waals surface area contributed by atoms with Crippen LogP contribution in [0.2, 0.25) is 0 Å². The molecule has 144 valence electrons. The molecule has 0 unspecified atom stereocenters. The number of aromatic hydroxyl groups is 1. The maximum Gasteiger partial charge on any atom is 0.174 e. The minimum absolute atomic E-state index is 0.211. The molecule has 0 heterocycles. The highest BCUT2D eigenvalue weighted by Gasteiger charge is 2.15. The molecule has 0 aliphatic rings. The predicted octanol–water partition coefficient (Wildman–Crippen LogP) is 4.62. The fourth-order valence-corrected chi connectivity index (χ4v) is 2.97. The number of nitrogens with zero attached hydrogens (tertiary/aromatic N) is 1. The van der Waals surface area contributed by atoms with Crippen LogP contribution in [-0.4, -0.2) is 17.3 Å². The summed E-state index contributed by atoms with van der Waals surface area (Å²) >= 11 is 5.61. The van der Waals surface area contributed by atoms with Crippen LogP contribution in [0, 0.1) is 5.82 Å². The summed E-state index contributed by atoms with van der Waals surface area (Å²) in [6, 6.07) is 21.0. The van der Waals surface area contributed by atoms with Crippen LogP contribution in [0.1, 0.15) is 11.1 Å². The van der Waals surface area contributed by atoms with Crippen molar-refractivity contribution in [3.63, 3.8) is 0 Å². The number of rotatable bonds is 6. The van der Waals surface area contributed by atoms with Gasteiger partial charge in [0, 0.05) is 17.8 Å². The number of phenols is 1. The largest absolute Gasteiger partial charge is 0.508 e. The zero-order valence-corrected chi connectivity index (χ0v) is 16.2. The Morgan fingerprint density at radius 3 is 2.36 bits per heavy atom. The van der Waals surface area contributed by atoms with Crippen LogP contribution in [0.3, 0.4) is 0 Å². The highest BCUT2D eigenvalue weighted by molar-refractivity contribution is 7.80. The second-order valence-electron chi connectivity index (χ2n) is 6.20. The van der Waals surface area contributed by atoms with Crippen LogP contribution in [0.4, 0.5) is 10.1 Å². The van der Waals surface area contributed by atoms with Crippen molar-refractivity contribution in [3.8, 4) is 11.5 Å². The van der Waals surface area contributed by atoms with Crippen LogP contribution < -0.4 is 15.0 Å². The molecule has 0 bridgehead atoms. The molecule has 0 aliphatic heterocycles. The van der Waals surface area contributed by atoms with E-state index in [1.54, 1.807) is 31.4 Å². The van der Waals surface area contributed by atoms with Gasteiger partial charge < -0.3 is 20.1 Å². The monoisotopic (exact) mass is 396 g/mol. The summed E-state index contributed by atoms with van der Waals surface area (Å²) in [7, 11) is 1.61. The van der Waals surface area contributed by atoms with Crippen molar-refractivity contribution in [1.29, 1.82) is 0 Å². The van der Waals surface area contributed by atoms with Crippen LogP contribution in [0.15, 0.2) is 72.8 Å². The van der Waals surface area contributed by atoms with E-state index in [1.165, 1.54) is 12.1 Å². The summed E-state index contributed by atoms with van der Waals surface area (Å²) in [5.41, 5.74) is 2.53. The third kappa shape index (κ3) is 4.98. The average molecular weight is 396 g/mol. The molecule has 3 rings (SSSR count). The van der Waals surface area contributed by atoms with Crippen molar-refractivity contribution in [2.45, 2.75) is 13.1 Å². The molecule has 0 aromatic heterocycles. The van der Waals surface area contributed by atoms with Gasteiger partial charge in [-0.2, -0.15) is 0 Å². The Balaban J connectivity index is 1.80. The summed E-state index contributed by atoms with van der Waals surface area (Å²) in [6.07, 6.45) is 0. The average Bonchev–Trinajstić information content (AvgIpc) is 2.73. The van der Waals surface area contributed by atoms with Crippen molar-refractivity contribution in [2.75, 3.05) is 12.0 Å². The Bertz CT molecular complexity index is 930. The van der Waals surface area contributed by atoms with Crippen molar-refractivity contribution in [1.82, 2.24) is 5.32 Å². The van der Waals surface area contributed by atoms with Gasteiger partial charge in [0.1, 0.15) is 17.3 Å². The quantitative estimate of drug-likeness (QED) is 0.595. The lowest BCUT2D eigenvalue weighted by Gasteiger charge is -2.26. The lowest BCUT2D eigenvalue weighted by molar-refractivity contribution is 0.415. The highest BCUT2D eigenvalue weighted by Crippen LogP contribution is 2.24. The molecule has 3 aromatic rings. The van der Waals surface area contributed by atoms with E-state index < -0.39 is 0 Å². The first-order valence-electron chi connectivity index (χ1n) is 8.77. The Morgan fingerprint density at radius 2 is 1.71 bits per heavy atom. The van der Waals surface area contributed by atoms with Crippen molar-refractivity contribution in [2.24, 2.45) is 0 Å². The lowest BCUT2D eigenvalue weighted by Crippen LogP contribution is -2.39. The van der Waals surface area contributed by atoms with Crippen LogP contribution in [0.25, 0.3) is 0 Å². The first kappa shape index (κ1) is 19.6. The second kappa shape index (κ2) is 9.19. The maximum absolute atomic E-state index is 13.1. The number of hydrogen-bond donors (Lipinski definition) is 2. The van der Waals surface area contributed by atoms with Gasteiger partial charge >= 0.3 is 0 Å². The molecule has 0 aliphatic carbocycles. The Labute approximate surface area is 169 Å². The number of halogens is 1. The minimum atomic E-state index is -0.272. The van der Waals surface area contributed by atoms with Gasteiger partial charge in [-0.15, -0.1) is 0 Å². The summed E-state index contributed by atoms with van der Waals surface area (Å²) in [5, 5.41) is 13.9. The zero-order chi connectivity index (χ0) is 19.9. The number of para-hydroxylation sites is 1. The van der Waals surface area contributed by atoms with Gasteiger partial charge in [0.25, 0.3) is 0 Å². The van der Waals surface area contributed by atoms with Gasteiger partial charge in [0.2, 0.25) is 0 Å². The topological polar surface area (TPSA) is 44.7 Å². The molecule has 3 aromatic carbocycles. The van der Waals surface area contributed by atoms with E-state index in [-0.39, 0.29) is 11.6 Å². The van der Waals surface area contributed by atoms with E-state index in [1.807, 2.05) is 41.3 Å². The Hall–Kier alpha value is -3.12. The summed E-state index contributed by atoms with van der Waals surface area (Å²) < 4.78 is 18.3. The molecular weight excluding hydrogens is 375 g/mol. The number of nitrogens with one attached hydrogen (secondary N) is 1. The van der Waals surface area contributed by atoms with Gasteiger partial charge in [0.05, 0.1) is 13.7 Å². The maximum atomic E-state index is 13.1. The number of thiocarbonyl (C=S) groups is 1. The van der Waals surface area contributed by atoms with E-state index in [9.17, 15) is 9.50 Å². The number of methoxy groups -OCH3 is 1. The molecule has 28 heavy (non-hydrogen) atoms. The Morgan fingerprint density at radius 1 is 1.04 bits per heavy atom. The van der Waals surface area contributed by atoms with Gasteiger partial charge in [-0.1, -0.05) is 30.3 Å². The molecule has 4 nitrogen and oxygen atoms in total. The first-order chi connectivity index (χ1) is 13.6. The Kier molecular flexibility index (Phi) is 6.45. The van der Waals surface area contributed by atoms with E-state index in [0.29, 0.717) is 18.2 Å². The molecule has 0 spiro atoms. The van der Waals surface area contributed by atoms with Gasteiger partial charge in [0.15, 0.2) is 5.11 Å². The molecule has 0 radical (unpaired) electrons. The fourth-order valence-electron chi connectivity index (χ4n) is 2.73. The molecule has 6 heteroatoms. The van der Waals surface area contributed by atoms with Crippen molar-refractivity contribution < 1.29 is 14.2 Å². The smallest absolute Gasteiger partial charge is 0.174 e. The lowest BCUT2D eigenvalue weighted by atomic mass is 10.1. The van der Waals surface area contributed by atoms with Crippen LogP contribution >= 0.6 is 12.2 Å². The minimum Gasteiger partial charge on any atom is -0.508 e. The summed E-state index contributed by atoms with van der Waals surface area (Å²) in [5.74, 6) is 0.685. The molecule has 0 atom stereocenters. The number of ether oxygens (including phenoxy) is 1. The van der Waals surface area contributed by atoms with E-state index in [0.717, 1.165) is 22.6 Å². The third-order valence-electron chi connectivity index (χ3n) is 4.31. The number of hydrogen-bond acceptors (Lipinski definition) is 3. The first-order valence-corrected chi connectivity index (χ1v) is 9.18. The van der Waals surface area contributed by atoms with Crippen LogP contribution in [0.5, 0.6) is 11.5 Å². The summed E-state index contributed by atoms with van der Waals surface area (Å²) in [4.78, 5) is 1.90. The third-order valence-corrected chi connectivity index (χ3v) is 4.67. The van der Waals surface area contributed by atoms with E-state index >= 15 is 0 Å². The normalized spacial score (nSPS) is 10.4. The molecule has 0 saturated carbocycles. The number of benzene rings is 3. The molecule has 0 saturated heterocycles. The van der Waals surface area contributed by atoms with E-state index in [4.69, 9.17) is 17.0 Å². The molecule has 0 amide bonds. The van der Waals surface area contributed by atoms with Crippen molar-refractivity contribution >= 4 is 23.0 Å².